The van der Waals surface area contributed by atoms with Crippen LogP contribution in [0.2, 0.25) is 0 Å². The first-order valence-corrected chi connectivity index (χ1v) is 7.64. The van der Waals surface area contributed by atoms with Gasteiger partial charge in [-0.15, -0.1) is 0 Å². The van der Waals surface area contributed by atoms with Gasteiger partial charge in [-0.05, 0) is 43.2 Å². The summed E-state index contributed by atoms with van der Waals surface area (Å²) in [5.41, 5.74) is 2.86. The third-order valence-electron chi connectivity index (χ3n) is 4.15. The van der Waals surface area contributed by atoms with Gasteiger partial charge in [0.15, 0.2) is 0 Å². The van der Waals surface area contributed by atoms with Crippen molar-refractivity contribution < 1.29 is 0 Å². The minimum absolute atomic E-state index is 0.688. The molecule has 1 aliphatic carbocycles. The van der Waals surface area contributed by atoms with Gasteiger partial charge in [0.1, 0.15) is 0 Å². The summed E-state index contributed by atoms with van der Waals surface area (Å²) in [6.45, 7) is 4.65. The molecule has 1 N–H and O–H groups in total. The minimum atomic E-state index is 0.688. The third-order valence-corrected chi connectivity index (χ3v) is 4.15. The number of hydrogen-bond donors (Lipinski definition) is 1. The van der Waals surface area contributed by atoms with E-state index in [4.69, 9.17) is 0 Å². The predicted octanol–water partition coefficient (Wildman–Crippen LogP) is 5.02. The molecule has 2 atom stereocenters. The summed E-state index contributed by atoms with van der Waals surface area (Å²) in [4.78, 5) is 0. The van der Waals surface area contributed by atoms with Crippen LogP contribution in [0.25, 0.3) is 0 Å². The molecule has 0 aromatic heterocycles. The Morgan fingerprint density at radius 2 is 1.94 bits per heavy atom. The van der Waals surface area contributed by atoms with Crippen LogP contribution in [-0.4, -0.2) is 6.04 Å². The topological polar surface area (TPSA) is 12.0 Å². The van der Waals surface area contributed by atoms with Crippen molar-refractivity contribution in [2.24, 2.45) is 5.92 Å². The molecule has 0 spiro atoms. The van der Waals surface area contributed by atoms with Gasteiger partial charge < -0.3 is 5.32 Å². The summed E-state index contributed by atoms with van der Waals surface area (Å²) < 4.78 is 0. The highest BCUT2D eigenvalue weighted by molar-refractivity contribution is 5.51. The smallest absolute Gasteiger partial charge is 0.0374 e. The van der Waals surface area contributed by atoms with Crippen molar-refractivity contribution in [2.75, 3.05) is 5.32 Å². The number of hydrogen-bond acceptors (Lipinski definition) is 1. The van der Waals surface area contributed by atoms with Crippen LogP contribution in [0.5, 0.6) is 0 Å². The largest absolute Gasteiger partial charge is 0.382 e. The van der Waals surface area contributed by atoms with Crippen molar-refractivity contribution >= 4 is 5.69 Å². The molecule has 0 bridgehead atoms. The molecule has 2 unspecified atom stereocenters. The van der Waals surface area contributed by atoms with E-state index in [0.29, 0.717) is 6.04 Å². The van der Waals surface area contributed by atoms with Crippen molar-refractivity contribution in [2.45, 2.75) is 64.8 Å². The van der Waals surface area contributed by atoms with Crippen molar-refractivity contribution in [3.8, 4) is 0 Å². The van der Waals surface area contributed by atoms with Crippen LogP contribution >= 0.6 is 0 Å². The molecule has 0 radical (unpaired) electrons. The Kier molecular flexibility index (Phi) is 5.10. The van der Waals surface area contributed by atoms with Gasteiger partial charge in [-0.3, -0.25) is 0 Å². The van der Waals surface area contributed by atoms with Gasteiger partial charge in [0.2, 0.25) is 0 Å². The lowest BCUT2D eigenvalue weighted by atomic mass is 10.0. The maximum absolute atomic E-state index is 3.79. The van der Waals surface area contributed by atoms with Gasteiger partial charge in [0.05, 0.1) is 0 Å². The molecule has 18 heavy (non-hydrogen) atoms. The summed E-state index contributed by atoms with van der Waals surface area (Å²) in [7, 11) is 0. The molecule has 1 aromatic carbocycles. The maximum Gasteiger partial charge on any atom is 0.0374 e. The molecule has 100 valence electrons. The summed E-state index contributed by atoms with van der Waals surface area (Å²) in [5, 5.41) is 3.79. The Labute approximate surface area is 112 Å². The van der Waals surface area contributed by atoms with E-state index in [2.05, 4.69) is 43.4 Å². The lowest BCUT2D eigenvalue weighted by molar-refractivity contribution is 0.502. The first-order chi connectivity index (χ1) is 8.79. The van der Waals surface area contributed by atoms with Crippen LogP contribution in [-0.2, 0) is 6.42 Å². The van der Waals surface area contributed by atoms with Crippen molar-refractivity contribution in [3.05, 3.63) is 29.8 Å². The number of rotatable bonds is 4. The van der Waals surface area contributed by atoms with Crippen LogP contribution in [0.15, 0.2) is 24.3 Å². The summed E-state index contributed by atoms with van der Waals surface area (Å²) in [6, 6.07) is 9.52. The van der Waals surface area contributed by atoms with Gasteiger partial charge in [-0.25, -0.2) is 0 Å². The number of nitrogens with one attached hydrogen (secondary N) is 1. The van der Waals surface area contributed by atoms with Crippen LogP contribution in [0.3, 0.4) is 0 Å². The number of para-hydroxylation sites is 1. The van der Waals surface area contributed by atoms with E-state index in [1.54, 1.807) is 0 Å². The lowest BCUT2D eigenvalue weighted by Crippen LogP contribution is -2.19. The summed E-state index contributed by atoms with van der Waals surface area (Å²) in [6.07, 6.45) is 9.26. The second-order valence-corrected chi connectivity index (χ2v) is 5.86. The molecule has 0 saturated heterocycles. The summed E-state index contributed by atoms with van der Waals surface area (Å²) >= 11 is 0. The molecular weight excluding hydrogens is 218 g/mol. The fourth-order valence-electron chi connectivity index (χ4n) is 3.00. The maximum atomic E-state index is 3.79. The molecule has 0 amide bonds. The molecule has 1 fully saturated rings. The summed E-state index contributed by atoms with van der Waals surface area (Å²) in [5.74, 6) is 0.919. The van der Waals surface area contributed by atoms with Crippen molar-refractivity contribution in [1.29, 1.82) is 0 Å². The quantitative estimate of drug-likeness (QED) is 0.734. The van der Waals surface area contributed by atoms with E-state index in [-0.39, 0.29) is 0 Å². The number of aryl methyl sites for hydroxylation is 1. The fraction of sp³-hybridized carbons (Fsp3) is 0.647. The van der Waals surface area contributed by atoms with Crippen LogP contribution in [0, 0.1) is 5.92 Å². The average Bonchev–Trinajstić information content (AvgIpc) is 2.57. The van der Waals surface area contributed by atoms with Crippen molar-refractivity contribution in [1.82, 2.24) is 0 Å². The van der Waals surface area contributed by atoms with Crippen LogP contribution < -0.4 is 5.32 Å². The zero-order chi connectivity index (χ0) is 12.8. The Balaban J connectivity index is 1.99. The Hall–Kier alpha value is -0.980. The van der Waals surface area contributed by atoms with Gasteiger partial charge in [-0.2, -0.15) is 0 Å². The normalized spacial score (nSPS) is 24.6. The van der Waals surface area contributed by atoms with E-state index in [0.717, 1.165) is 5.92 Å². The highest BCUT2D eigenvalue weighted by atomic mass is 14.9. The molecule has 1 aliphatic rings. The van der Waals surface area contributed by atoms with Crippen LogP contribution in [0.4, 0.5) is 5.69 Å². The number of benzene rings is 1. The van der Waals surface area contributed by atoms with Gasteiger partial charge in [0.25, 0.3) is 0 Å². The van der Waals surface area contributed by atoms with E-state index in [9.17, 15) is 0 Å². The zero-order valence-electron chi connectivity index (χ0n) is 11.9. The molecule has 1 saturated carbocycles. The van der Waals surface area contributed by atoms with Crippen molar-refractivity contribution in [3.63, 3.8) is 0 Å². The third kappa shape index (κ3) is 3.76. The Morgan fingerprint density at radius 3 is 2.78 bits per heavy atom. The average molecular weight is 245 g/mol. The van der Waals surface area contributed by atoms with E-state index in [1.807, 2.05) is 0 Å². The van der Waals surface area contributed by atoms with E-state index < -0.39 is 0 Å². The first kappa shape index (κ1) is 13.5. The molecule has 0 heterocycles. The SMILES string of the molecule is CCCc1ccccc1NC1CCCC(C)CC1. The monoisotopic (exact) mass is 245 g/mol. The number of anilines is 1. The Morgan fingerprint density at radius 1 is 1.11 bits per heavy atom. The fourth-order valence-corrected chi connectivity index (χ4v) is 3.00. The van der Waals surface area contributed by atoms with E-state index in [1.165, 1.54) is 56.2 Å². The molecule has 1 nitrogen and oxygen atoms in total. The zero-order valence-corrected chi connectivity index (χ0v) is 11.9. The standard InChI is InChI=1S/C17H27N/c1-3-7-15-9-4-5-11-17(15)18-16-10-6-8-14(2)12-13-16/h4-5,9,11,14,16,18H,3,6-8,10,12-13H2,1-2H3. The van der Waals surface area contributed by atoms with E-state index >= 15 is 0 Å². The molecule has 2 rings (SSSR count). The molecule has 1 heteroatoms. The highest BCUT2D eigenvalue weighted by Crippen LogP contribution is 2.26. The second kappa shape index (κ2) is 6.82. The highest BCUT2D eigenvalue weighted by Gasteiger charge is 2.16. The van der Waals surface area contributed by atoms with Gasteiger partial charge in [0, 0.05) is 11.7 Å². The minimum Gasteiger partial charge on any atom is -0.382 e. The lowest BCUT2D eigenvalue weighted by Gasteiger charge is -2.20. The van der Waals surface area contributed by atoms with Gasteiger partial charge >= 0.3 is 0 Å². The Bertz CT molecular complexity index is 358. The predicted molar refractivity (Wildman–Crippen MR) is 80.1 cm³/mol. The molecular formula is C17H27N. The van der Waals surface area contributed by atoms with Gasteiger partial charge in [-0.1, -0.05) is 51.3 Å². The first-order valence-electron chi connectivity index (χ1n) is 7.64. The second-order valence-electron chi connectivity index (χ2n) is 5.86. The molecule has 0 aliphatic heterocycles. The van der Waals surface area contributed by atoms with Crippen LogP contribution in [0.1, 0.15) is 57.9 Å². The molecule has 1 aromatic rings.